The van der Waals surface area contributed by atoms with Crippen LogP contribution in [-0.4, -0.2) is 45.2 Å². The Balaban J connectivity index is 2.31. The van der Waals surface area contributed by atoms with Crippen LogP contribution in [0.5, 0.6) is 0 Å². The first-order chi connectivity index (χ1) is 11.4. The van der Waals surface area contributed by atoms with Gasteiger partial charge in [-0.1, -0.05) is 29.8 Å². The molecular formula is C15H18BrN5O3. The minimum atomic E-state index is -0.719. The second-order valence-corrected chi connectivity index (χ2v) is 6.51. The third kappa shape index (κ3) is 4.38. The number of methoxy groups -OCH3 is 1. The molecule has 0 aliphatic rings. The Bertz CT molecular complexity index is 718. The van der Waals surface area contributed by atoms with Gasteiger partial charge in [0.05, 0.1) is 18.4 Å². The standard InChI is InChI=1S/C15H18BrN5O3/c1-9(2)6-12(15(23)24-3)18-14(22)11-7-10(16)4-5-13(11)21-8-17-19-20-21/h4-5,7-9,12H,6H2,1-3H3,(H,18,22)/t12-/m0/s1. The number of benzene rings is 1. The number of tetrazole rings is 1. The molecule has 0 spiro atoms. The molecule has 1 N–H and O–H groups in total. The molecule has 2 aromatic rings. The topological polar surface area (TPSA) is 99.0 Å². The largest absolute Gasteiger partial charge is 0.467 e. The molecule has 0 aliphatic carbocycles. The van der Waals surface area contributed by atoms with Crippen molar-refractivity contribution in [2.75, 3.05) is 7.11 Å². The molecule has 0 unspecified atom stereocenters. The molecule has 1 heterocycles. The first-order valence-corrected chi connectivity index (χ1v) is 8.13. The average Bonchev–Trinajstić information content (AvgIpc) is 3.07. The molecule has 0 saturated carbocycles. The Morgan fingerprint density at radius 3 is 2.71 bits per heavy atom. The van der Waals surface area contributed by atoms with Gasteiger partial charge in [-0.15, -0.1) is 5.10 Å². The summed E-state index contributed by atoms with van der Waals surface area (Å²) in [6.45, 7) is 3.93. The zero-order valence-electron chi connectivity index (χ0n) is 13.6. The minimum absolute atomic E-state index is 0.218. The summed E-state index contributed by atoms with van der Waals surface area (Å²) in [6.07, 6.45) is 1.87. The van der Waals surface area contributed by atoms with E-state index >= 15 is 0 Å². The van der Waals surface area contributed by atoms with E-state index in [4.69, 9.17) is 4.74 Å². The van der Waals surface area contributed by atoms with E-state index in [1.807, 2.05) is 13.8 Å². The van der Waals surface area contributed by atoms with Crippen molar-refractivity contribution in [1.82, 2.24) is 25.5 Å². The maximum atomic E-state index is 12.7. The van der Waals surface area contributed by atoms with Crippen LogP contribution in [0.25, 0.3) is 5.69 Å². The number of ether oxygens (including phenoxy) is 1. The van der Waals surface area contributed by atoms with E-state index in [2.05, 4.69) is 36.8 Å². The Labute approximate surface area is 147 Å². The lowest BCUT2D eigenvalue weighted by Crippen LogP contribution is -2.42. The normalized spacial score (nSPS) is 12.0. The van der Waals surface area contributed by atoms with Crippen molar-refractivity contribution in [3.63, 3.8) is 0 Å². The Kier molecular flexibility index (Phi) is 6.02. The van der Waals surface area contributed by atoms with Gasteiger partial charge in [0.2, 0.25) is 0 Å². The van der Waals surface area contributed by atoms with E-state index in [1.54, 1.807) is 18.2 Å². The summed E-state index contributed by atoms with van der Waals surface area (Å²) in [5.41, 5.74) is 0.850. The van der Waals surface area contributed by atoms with Crippen LogP contribution in [-0.2, 0) is 9.53 Å². The number of nitrogens with zero attached hydrogens (tertiary/aromatic N) is 4. The summed E-state index contributed by atoms with van der Waals surface area (Å²) >= 11 is 3.34. The van der Waals surface area contributed by atoms with Gasteiger partial charge in [0, 0.05) is 4.47 Å². The van der Waals surface area contributed by atoms with E-state index in [-0.39, 0.29) is 5.92 Å². The van der Waals surface area contributed by atoms with Gasteiger partial charge < -0.3 is 10.1 Å². The van der Waals surface area contributed by atoms with Gasteiger partial charge in [-0.05, 0) is 41.0 Å². The van der Waals surface area contributed by atoms with Gasteiger partial charge in [0.25, 0.3) is 5.91 Å². The summed E-state index contributed by atoms with van der Waals surface area (Å²) in [5, 5.41) is 13.7. The first-order valence-electron chi connectivity index (χ1n) is 7.34. The number of amides is 1. The zero-order valence-corrected chi connectivity index (χ0v) is 15.1. The number of aromatic nitrogens is 4. The van der Waals surface area contributed by atoms with Gasteiger partial charge in [0.15, 0.2) is 0 Å². The number of hydrogen-bond acceptors (Lipinski definition) is 6. The molecule has 1 amide bonds. The Morgan fingerprint density at radius 1 is 1.38 bits per heavy atom. The lowest BCUT2D eigenvalue weighted by atomic mass is 10.0. The number of halogens is 1. The van der Waals surface area contributed by atoms with E-state index in [9.17, 15) is 9.59 Å². The van der Waals surface area contributed by atoms with Crippen molar-refractivity contribution in [2.24, 2.45) is 5.92 Å². The molecule has 0 fully saturated rings. The molecule has 0 aliphatic heterocycles. The smallest absolute Gasteiger partial charge is 0.328 e. The zero-order chi connectivity index (χ0) is 17.7. The lowest BCUT2D eigenvalue weighted by molar-refractivity contribution is -0.143. The molecule has 0 radical (unpaired) electrons. The third-order valence-electron chi connectivity index (χ3n) is 3.30. The second kappa shape index (κ2) is 8.00. The predicted molar refractivity (Wildman–Crippen MR) is 89.6 cm³/mol. The lowest BCUT2D eigenvalue weighted by Gasteiger charge is -2.19. The number of rotatable bonds is 6. The highest BCUT2D eigenvalue weighted by molar-refractivity contribution is 9.10. The van der Waals surface area contributed by atoms with Crippen molar-refractivity contribution in [3.8, 4) is 5.69 Å². The van der Waals surface area contributed by atoms with Gasteiger partial charge >= 0.3 is 5.97 Å². The van der Waals surface area contributed by atoms with E-state index < -0.39 is 17.9 Å². The average molecular weight is 396 g/mol. The summed E-state index contributed by atoms with van der Waals surface area (Å²) < 4.78 is 6.89. The highest BCUT2D eigenvalue weighted by atomic mass is 79.9. The minimum Gasteiger partial charge on any atom is -0.467 e. The first kappa shape index (κ1) is 18.1. The fourth-order valence-corrected chi connectivity index (χ4v) is 2.59. The number of carbonyl (C=O) groups is 2. The van der Waals surface area contributed by atoms with Crippen LogP contribution in [0, 0.1) is 5.92 Å². The monoisotopic (exact) mass is 395 g/mol. The molecule has 128 valence electrons. The Morgan fingerprint density at radius 2 is 2.12 bits per heavy atom. The number of nitrogens with one attached hydrogen (secondary N) is 1. The number of hydrogen-bond donors (Lipinski definition) is 1. The van der Waals surface area contributed by atoms with Crippen LogP contribution in [0.15, 0.2) is 29.0 Å². The molecule has 0 saturated heterocycles. The summed E-state index contributed by atoms with van der Waals surface area (Å²) in [5.74, 6) is -0.662. The molecule has 24 heavy (non-hydrogen) atoms. The van der Waals surface area contributed by atoms with E-state index in [0.29, 0.717) is 17.7 Å². The van der Waals surface area contributed by atoms with Crippen LogP contribution in [0.4, 0.5) is 0 Å². The van der Waals surface area contributed by atoms with Crippen LogP contribution < -0.4 is 5.32 Å². The van der Waals surface area contributed by atoms with Gasteiger partial charge in [-0.3, -0.25) is 4.79 Å². The summed E-state index contributed by atoms with van der Waals surface area (Å²) in [4.78, 5) is 24.6. The van der Waals surface area contributed by atoms with Crippen LogP contribution in [0.2, 0.25) is 0 Å². The fraction of sp³-hybridized carbons (Fsp3) is 0.400. The van der Waals surface area contributed by atoms with Gasteiger partial charge in [-0.2, -0.15) is 4.68 Å². The van der Waals surface area contributed by atoms with Crippen molar-refractivity contribution >= 4 is 27.8 Å². The molecule has 9 heteroatoms. The van der Waals surface area contributed by atoms with E-state index in [1.165, 1.54) is 18.1 Å². The van der Waals surface area contributed by atoms with Gasteiger partial charge in [0.1, 0.15) is 12.4 Å². The van der Waals surface area contributed by atoms with E-state index in [0.717, 1.165) is 4.47 Å². The van der Waals surface area contributed by atoms with Crippen molar-refractivity contribution in [1.29, 1.82) is 0 Å². The highest BCUT2D eigenvalue weighted by Crippen LogP contribution is 2.20. The number of esters is 1. The molecular weight excluding hydrogens is 378 g/mol. The Hall–Kier alpha value is -2.29. The molecule has 1 atom stereocenters. The van der Waals surface area contributed by atoms with Gasteiger partial charge in [-0.25, -0.2) is 4.79 Å². The molecule has 8 nitrogen and oxygen atoms in total. The maximum absolute atomic E-state index is 12.7. The van der Waals surface area contributed by atoms with Crippen molar-refractivity contribution < 1.29 is 14.3 Å². The number of carbonyl (C=O) groups excluding carboxylic acids is 2. The molecule has 2 rings (SSSR count). The summed E-state index contributed by atoms with van der Waals surface area (Å²) in [7, 11) is 1.30. The fourth-order valence-electron chi connectivity index (χ4n) is 2.23. The second-order valence-electron chi connectivity index (χ2n) is 5.59. The maximum Gasteiger partial charge on any atom is 0.328 e. The SMILES string of the molecule is COC(=O)[C@H](CC(C)C)NC(=O)c1cc(Br)ccc1-n1cnnn1. The predicted octanol–water partition coefficient (Wildman–Crippen LogP) is 1.74. The molecule has 1 aromatic heterocycles. The quantitative estimate of drug-likeness (QED) is 0.747. The summed E-state index contributed by atoms with van der Waals surface area (Å²) in [6, 6.07) is 4.42. The molecule has 1 aromatic carbocycles. The van der Waals surface area contributed by atoms with Crippen molar-refractivity contribution in [3.05, 3.63) is 34.6 Å². The molecule has 0 bridgehead atoms. The van der Waals surface area contributed by atoms with Crippen LogP contribution in [0.1, 0.15) is 30.6 Å². The van der Waals surface area contributed by atoms with Crippen molar-refractivity contribution in [2.45, 2.75) is 26.3 Å². The highest BCUT2D eigenvalue weighted by Gasteiger charge is 2.25. The third-order valence-corrected chi connectivity index (χ3v) is 3.79. The van der Waals surface area contributed by atoms with Crippen LogP contribution >= 0.6 is 15.9 Å². The van der Waals surface area contributed by atoms with Crippen LogP contribution in [0.3, 0.4) is 0 Å².